The molecule has 0 saturated heterocycles. The fourth-order valence-corrected chi connectivity index (χ4v) is 7.45. The zero-order valence-electron chi connectivity index (χ0n) is 26.3. The van der Waals surface area contributed by atoms with E-state index in [1.54, 1.807) is 0 Å². The third-order valence-electron chi connectivity index (χ3n) is 10.1. The second-order valence-corrected chi connectivity index (χ2v) is 13.1. The highest BCUT2D eigenvalue weighted by Crippen LogP contribution is 2.31. The molecule has 0 atom stereocenters. The summed E-state index contributed by atoms with van der Waals surface area (Å²) >= 11 is 0. The molecule has 0 aliphatic heterocycles. The van der Waals surface area contributed by atoms with Gasteiger partial charge < -0.3 is 0 Å². The van der Waals surface area contributed by atoms with E-state index in [0.717, 1.165) is 0 Å². The van der Waals surface area contributed by atoms with E-state index in [1.165, 1.54) is 97.0 Å². The number of rotatable bonds is 0. The molecule has 0 amide bonds. The minimum Gasteiger partial charge on any atom is -0.0544 e. The van der Waals surface area contributed by atoms with Gasteiger partial charge in [0.1, 0.15) is 0 Å². The topological polar surface area (TPSA) is 0 Å². The van der Waals surface area contributed by atoms with Crippen LogP contribution in [0, 0.1) is 0 Å². The highest BCUT2D eigenvalue weighted by Gasteiger charge is 2.04. The first kappa shape index (κ1) is 26.9. The maximum Gasteiger partial charge on any atom is -0.00992 e. The van der Waals surface area contributed by atoms with Gasteiger partial charge in [-0.3, -0.25) is 0 Å². The quantitative estimate of drug-likeness (QED) is 0.151. The van der Waals surface area contributed by atoms with Gasteiger partial charge in [-0.25, -0.2) is 0 Å². The van der Waals surface area contributed by atoms with Crippen molar-refractivity contribution in [3.63, 3.8) is 0 Å². The minimum absolute atomic E-state index is 1.20. The van der Waals surface area contributed by atoms with Gasteiger partial charge >= 0.3 is 0 Å². The predicted molar refractivity (Wildman–Crippen MR) is 210 cm³/mol. The fraction of sp³-hybridized carbons (Fsp3) is 0. The van der Waals surface area contributed by atoms with E-state index in [4.69, 9.17) is 0 Å². The molecule has 0 fully saturated rings. The van der Waals surface area contributed by atoms with E-state index in [1.807, 2.05) is 0 Å². The molecule has 10 rings (SSSR count). The molecular weight excluding hydrogens is 577 g/mol. The van der Waals surface area contributed by atoms with Crippen molar-refractivity contribution in [2.45, 2.75) is 0 Å². The molecule has 222 valence electrons. The van der Waals surface area contributed by atoms with Crippen LogP contribution in [0.25, 0.3) is 97.0 Å². The Labute approximate surface area is 278 Å². The van der Waals surface area contributed by atoms with Crippen molar-refractivity contribution >= 4 is 97.0 Å². The maximum atomic E-state index is 2.33. The Bertz CT molecular complexity index is 2520. The van der Waals surface area contributed by atoms with Crippen LogP contribution in [0.3, 0.4) is 0 Å². The molecule has 0 unspecified atom stereocenters. The highest BCUT2D eigenvalue weighted by atomic mass is 14.1. The first-order valence-electron chi connectivity index (χ1n) is 16.6. The first-order chi connectivity index (χ1) is 23.7. The Morgan fingerprint density at radius 2 is 0.271 bits per heavy atom. The van der Waals surface area contributed by atoms with Crippen LogP contribution in [0.1, 0.15) is 0 Å². The predicted octanol–water partition coefficient (Wildman–Crippen LogP) is 13.8. The van der Waals surface area contributed by atoms with Gasteiger partial charge in [0.05, 0.1) is 0 Å². The van der Waals surface area contributed by atoms with Crippen LogP contribution in [0.15, 0.2) is 182 Å². The van der Waals surface area contributed by atoms with Crippen molar-refractivity contribution in [2.24, 2.45) is 0 Å². The average Bonchev–Trinajstić information content (AvgIpc) is 3.14. The SMILES string of the molecule is c1cc2ccc3ccc4ccc(ccc5ccc6ccc7ccc(ccc8ccc9ccc%10ccc1cc%10c9c8)cc7c6c5)cc4c3c2. The molecule has 10 aromatic rings. The van der Waals surface area contributed by atoms with Crippen molar-refractivity contribution in [3.8, 4) is 0 Å². The second kappa shape index (κ2) is 10.7. The lowest BCUT2D eigenvalue weighted by Gasteiger charge is -2.06. The molecule has 0 aliphatic carbocycles. The fourth-order valence-electron chi connectivity index (χ4n) is 7.45. The summed E-state index contributed by atoms with van der Waals surface area (Å²) in [6.07, 6.45) is 0. The molecule has 10 aromatic carbocycles. The van der Waals surface area contributed by atoms with Gasteiger partial charge in [-0.15, -0.1) is 0 Å². The largest absolute Gasteiger partial charge is 0.0544 e. The molecule has 0 heterocycles. The van der Waals surface area contributed by atoms with Crippen LogP contribution in [0.2, 0.25) is 0 Å². The van der Waals surface area contributed by atoms with Gasteiger partial charge in [-0.2, -0.15) is 0 Å². The van der Waals surface area contributed by atoms with E-state index in [0.29, 0.717) is 0 Å². The summed E-state index contributed by atoms with van der Waals surface area (Å²) in [5.41, 5.74) is 0. The lowest BCUT2D eigenvalue weighted by atomic mass is 9.98. The zero-order valence-corrected chi connectivity index (χ0v) is 26.3. The van der Waals surface area contributed by atoms with Gasteiger partial charge in [0.2, 0.25) is 0 Å². The van der Waals surface area contributed by atoms with E-state index in [-0.39, 0.29) is 0 Å². The van der Waals surface area contributed by atoms with Crippen molar-refractivity contribution < 1.29 is 0 Å². The molecule has 48 heavy (non-hydrogen) atoms. The summed E-state index contributed by atoms with van der Waals surface area (Å²) in [6, 6.07) is 67.6. The van der Waals surface area contributed by atoms with E-state index in [2.05, 4.69) is 182 Å². The normalized spacial score (nSPS) is 11.8. The van der Waals surface area contributed by atoms with Crippen LogP contribution >= 0.6 is 0 Å². The Morgan fingerprint density at radius 3 is 0.438 bits per heavy atom. The molecule has 0 aromatic heterocycles. The van der Waals surface area contributed by atoms with E-state index in [9.17, 15) is 0 Å². The van der Waals surface area contributed by atoms with Crippen molar-refractivity contribution in [1.29, 1.82) is 0 Å². The maximum absolute atomic E-state index is 2.33. The molecule has 0 aliphatic rings. The van der Waals surface area contributed by atoms with Crippen molar-refractivity contribution in [3.05, 3.63) is 182 Å². The van der Waals surface area contributed by atoms with Gasteiger partial charge in [-0.1, -0.05) is 146 Å². The number of benzene rings is 9. The summed E-state index contributed by atoms with van der Waals surface area (Å²) < 4.78 is 0. The van der Waals surface area contributed by atoms with Crippen LogP contribution in [-0.2, 0) is 0 Å². The molecule has 0 radical (unpaired) electrons. The molecule has 0 spiro atoms. The van der Waals surface area contributed by atoms with Gasteiger partial charge in [0, 0.05) is 0 Å². The van der Waals surface area contributed by atoms with E-state index < -0.39 is 0 Å². The molecule has 0 N–H and O–H groups in total. The summed E-state index contributed by atoms with van der Waals surface area (Å²) in [7, 11) is 0. The standard InChI is InChI=1S/C48H30/c1-2-32-8-14-38-21-22-40-16-10-34(28-46(40)44(38)26-32)5-6-36-12-18-42-24-23-41-17-11-35(29-47(41)48(42)30-36)4-3-33-9-15-39-20-19-37-13-7-31(1)25-43(37)45(39)27-33/h1-30H. The van der Waals surface area contributed by atoms with Crippen molar-refractivity contribution in [1.82, 2.24) is 0 Å². The Kier molecular flexibility index (Phi) is 5.98. The monoisotopic (exact) mass is 606 g/mol. The lowest BCUT2D eigenvalue weighted by Crippen LogP contribution is -1.79. The van der Waals surface area contributed by atoms with Gasteiger partial charge in [-0.05, 0) is 133 Å². The summed E-state index contributed by atoms with van der Waals surface area (Å²) in [5.74, 6) is 0. The number of fused-ring (bicyclic) bond motifs is 6. The second-order valence-electron chi connectivity index (χ2n) is 13.1. The van der Waals surface area contributed by atoms with Gasteiger partial charge in [0.25, 0.3) is 0 Å². The van der Waals surface area contributed by atoms with Crippen LogP contribution in [0.5, 0.6) is 0 Å². The first-order valence-corrected chi connectivity index (χ1v) is 16.6. The molecule has 0 heteroatoms. The molecule has 12 bridgehead atoms. The summed E-state index contributed by atoms with van der Waals surface area (Å²) in [4.78, 5) is 0. The third kappa shape index (κ3) is 4.62. The number of hydrogen-bond donors (Lipinski definition) is 0. The average molecular weight is 607 g/mol. The Balaban J connectivity index is 1.31. The van der Waals surface area contributed by atoms with Crippen LogP contribution in [-0.4, -0.2) is 0 Å². The summed E-state index contributed by atoms with van der Waals surface area (Å²) in [5, 5.41) is 22.4. The molecule has 0 nitrogen and oxygen atoms in total. The Hall–Kier alpha value is -6.24. The third-order valence-corrected chi connectivity index (χ3v) is 10.1. The van der Waals surface area contributed by atoms with Crippen LogP contribution < -0.4 is 0 Å². The molecular formula is C48H30. The highest BCUT2D eigenvalue weighted by molar-refractivity contribution is 6.12. The van der Waals surface area contributed by atoms with Gasteiger partial charge in [0.15, 0.2) is 0 Å². The minimum atomic E-state index is 1.20. The van der Waals surface area contributed by atoms with Crippen molar-refractivity contribution in [2.75, 3.05) is 0 Å². The number of hydrogen-bond acceptors (Lipinski definition) is 0. The smallest absolute Gasteiger partial charge is 0.00992 e. The zero-order chi connectivity index (χ0) is 31.6. The summed E-state index contributed by atoms with van der Waals surface area (Å²) in [6.45, 7) is 0. The van der Waals surface area contributed by atoms with E-state index >= 15 is 0 Å². The molecule has 0 saturated carbocycles. The lowest BCUT2D eigenvalue weighted by molar-refractivity contribution is 1.78. The van der Waals surface area contributed by atoms with Crippen LogP contribution in [0.4, 0.5) is 0 Å². The Morgan fingerprint density at radius 1 is 0.146 bits per heavy atom.